The highest BCUT2D eigenvalue weighted by Gasteiger charge is 2.44. The van der Waals surface area contributed by atoms with Gasteiger partial charge in [-0.15, -0.1) is 0 Å². The summed E-state index contributed by atoms with van der Waals surface area (Å²) >= 11 is 0. The summed E-state index contributed by atoms with van der Waals surface area (Å²) in [5.74, 6) is 1.45. The number of carbonyl (C=O) groups is 2. The Labute approximate surface area is 258 Å². The second-order valence-corrected chi connectivity index (χ2v) is 11.0. The maximum atomic E-state index is 14.1. The molecule has 0 bridgehead atoms. The van der Waals surface area contributed by atoms with Crippen LogP contribution < -0.4 is 9.47 Å². The molecule has 1 amide bonds. The number of fused-ring (bicyclic) bond motifs is 1. The van der Waals surface area contributed by atoms with Gasteiger partial charge >= 0.3 is 0 Å². The van der Waals surface area contributed by atoms with Crippen LogP contribution in [0, 0.1) is 5.92 Å². The summed E-state index contributed by atoms with van der Waals surface area (Å²) < 4.78 is 11.3. The minimum absolute atomic E-state index is 0.0681. The molecule has 6 heteroatoms. The van der Waals surface area contributed by atoms with E-state index in [-0.39, 0.29) is 23.7 Å². The van der Waals surface area contributed by atoms with Crippen LogP contribution in [0.25, 0.3) is 6.08 Å². The van der Waals surface area contributed by atoms with Crippen molar-refractivity contribution in [2.24, 2.45) is 11.0 Å². The standard InChI is InChI=1S/C38H36N2O4/c1-3-43-32-21-13-26(14-22-32)25-31-11-8-12-34-35(31)39-40(36(34)27-19-23-33(24-20-27)44-4-2)38(42)30-17-15-29(16-18-30)37(41)28-9-6-5-7-10-28/h5-7,9-10,13-25,34,36H,3-4,8,11-12H2,1-2H3/b31-25-/t34-,36+/m0/s1. The second kappa shape index (κ2) is 13.1. The van der Waals surface area contributed by atoms with E-state index < -0.39 is 0 Å². The fourth-order valence-corrected chi connectivity index (χ4v) is 6.11. The molecule has 4 aromatic carbocycles. The molecule has 6 rings (SSSR count). The van der Waals surface area contributed by atoms with E-state index in [2.05, 4.69) is 18.2 Å². The Balaban J connectivity index is 1.33. The molecule has 0 spiro atoms. The smallest absolute Gasteiger partial charge is 0.274 e. The number of nitrogens with zero attached hydrogens (tertiary/aromatic N) is 2. The van der Waals surface area contributed by atoms with Crippen LogP contribution in [0.2, 0.25) is 0 Å². The zero-order chi connectivity index (χ0) is 30.5. The van der Waals surface area contributed by atoms with E-state index in [1.54, 1.807) is 41.4 Å². The first-order valence-electron chi connectivity index (χ1n) is 15.3. The largest absolute Gasteiger partial charge is 0.494 e. The number of amides is 1. The molecular weight excluding hydrogens is 548 g/mol. The molecule has 6 nitrogen and oxygen atoms in total. The van der Waals surface area contributed by atoms with Gasteiger partial charge in [0.15, 0.2) is 5.78 Å². The summed E-state index contributed by atoms with van der Waals surface area (Å²) in [5.41, 5.74) is 5.86. The first kappa shape index (κ1) is 29.1. The van der Waals surface area contributed by atoms with Crippen molar-refractivity contribution in [2.45, 2.75) is 39.2 Å². The molecule has 222 valence electrons. The molecule has 0 unspecified atom stereocenters. The van der Waals surface area contributed by atoms with Crippen LogP contribution in [0.4, 0.5) is 0 Å². The Kier molecular flexibility index (Phi) is 8.69. The lowest BCUT2D eigenvalue weighted by atomic mass is 9.77. The lowest BCUT2D eigenvalue weighted by molar-refractivity contribution is 0.0680. The molecule has 1 aliphatic heterocycles. The minimum Gasteiger partial charge on any atom is -0.494 e. The van der Waals surface area contributed by atoms with Crippen molar-refractivity contribution in [1.29, 1.82) is 0 Å². The van der Waals surface area contributed by atoms with Crippen molar-refractivity contribution in [2.75, 3.05) is 13.2 Å². The molecule has 1 saturated carbocycles. The molecule has 0 aromatic heterocycles. The Bertz CT molecular complexity index is 1670. The Morgan fingerprint density at radius 1 is 0.773 bits per heavy atom. The van der Waals surface area contributed by atoms with Crippen LogP contribution in [0.5, 0.6) is 11.5 Å². The number of benzene rings is 4. The zero-order valence-corrected chi connectivity index (χ0v) is 25.1. The van der Waals surface area contributed by atoms with Crippen LogP contribution in [0.3, 0.4) is 0 Å². The number of hydrogen-bond donors (Lipinski definition) is 0. The molecule has 2 aliphatic rings. The molecule has 1 heterocycles. The summed E-state index contributed by atoms with van der Waals surface area (Å²) in [4.78, 5) is 27.1. The predicted molar refractivity (Wildman–Crippen MR) is 173 cm³/mol. The molecule has 0 N–H and O–H groups in total. The molecule has 4 aromatic rings. The molecule has 1 fully saturated rings. The maximum Gasteiger partial charge on any atom is 0.274 e. The van der Waals surface area contributed by atoms with Gasteiger partial charge in [-0.05, 0) is 92.3 Å². The van der Waals surface area contributed by atoms with E-state index in [1.807, 2.05) is 68.4 Å². The van der Waals surface area contributed by atoms with Gasteiger partial charge in [-0.3, -0.25) is 9.59 Å². The van der Waals surface area contributed by atoms with Gasteiger partial charge in [0, 0.05) is 22.6 Å². The van der Waals surface area contributed by atoms with Crippen molar-refractivity contribution < 1.29 is 19.1 Å². The summed E-state index contributed by atoms with van der Waals surface area (Å²) in [5, 5.41) is 6.70. The lowest BCUT2D eigenvalue weighted by Gasteiger charge is -2.30. The number of ketones is 1. The summed E-state index contributed by atoms with van der Waals surface area (Å²) in [6.45, 7) is 5.15. The van der Waals surface area contributed by atoms with Gasteiger partial charge in [-0.2, -0.15) is 5.10 Å². The van der Waals surface area contributed by atoms with E-state index in [0.717, 1.165) is 53.2 Å². The van der Waals surface area contributed by atoms with E-state index in [0.29, 0.717) is 29.9 Å². The number of hydrogen-bond acceptors (Lipinski definition) is 5. The number of carbonyl (C=O) groups excluding carboxylic acids is 2. The predicted octanol–water partition coefficient (Wildman–Crippen LogP) is 8.15. The van der Waals surface area contributed by atoms with Gasteiger partial charge in [0.25, 0.3) is 5.91 Å². The molecule has 44 heavy (non-hydrogen) atoms. The molecule has 2 atom stereocenters. The summed E-state index contributed by atoms with van der Waals surface area (Å²) in [6.07, 6.45) is 5.04. The third-order valence-electron chi connectivity index (χ3n) is 8.20. The van der Waals surface area contributed by atoms with Crippen LogP contribution in [0.15, 0.2) is 114 Å². The van der Waals surface area contributed by atoms with E-state index in [4.69, 9.17) is 14.6 Å². The quantitative estimate of drug-likeness (QED) is 0.186. The number of rotatable bonds is 9. The Hall–Kier alpha value is -4.97. The van der Waals surface area contributed by atoms with Crippen molar-refractivity contribution in [3.63, 3.8) is 0 Å². The highest BCUT2D eigenvalue weighted by Crippen LogP contribution is 2.45. The van der Waals surface area contributed by atoms with Crippen LogP contribution in [0.1, 0.15) is 76.6 Å². The fourth-order valence-electron chi connectivity index (χ4n) is 6.11. The highest BCUT2D eigenvalue weighted by molar-refractivity contribution is 6.10. The van der Waals surface area contributed by atoms with Gasteiger partial charge in [-0.25, -0.2) is 5.01 Å². The molecule has 0 radical (unpaired) electrons. The van der Waals surface area contributed by atoms with Crippen LogP contribution in [-0.2, 0) is 0 Å². The number of hydrazone groups is 1. The van der Waals surface area contributed by atoms with E-state index in [1.165, 1.54) is 0 Å². The van der Waals surface area contributed by atoms with Crippen molar-refractivity contribution in [3.8, 4) is 11.5 Å². The third kappa shape index (κ3) is 6.06. The van der Waals surface area contributed by atoms with Gasteiger partial charge in [0.1, 0.15) is 11.5 Å². The average molecular weight is 585 g/mol. The SMILES string of the molecule is CCOc1ccc(/C=C2/CCC[C@H]3C2=NN(C(=O)c2ccc(C(=O)c4ccccc4)cc2)[C@@H]3c2ccc(OCC)cc2)cc1. The Morgan fingerprint density at radius 2 is 1.36 bits per heavy atom. The molecular formula is C38H36N2O4. The highest BCUT2D eigenvalue weighted by atomic mass is 16.5. The maximum absolute atomic E-state index is 14.1. The second-order valence-electron chi connectivity index (χ2n) is 11.0. The van der Waals surface area contributed by atoms with Gasteiger partial charge in [-0.1, -0.05) is 66.7 Å². The topological polar surface area (TPSA) is 68.2 Å². The van der Waals surface area contributed by atoms with E-state index >= 15 is 0 Å². The van der Waals surface area contributed by atoms with Gasteiger partial charge in [0.2, 0.25) is 0 Å². The third-order valence-corrected chi connectivity index (χ3v) is 8.20. The van der Waals surface area contributed by atoms with Crippen LogP contribution in [-0.4, -0.2) is 35.6 Å². The average Bonchev–Trinajstić information content (AvgIpc) is 3.47. The number of allylic oxidation sites excluding steroid dienone is 1. The summed E-state index contributed by atoms with van der Waals surface area (Å²) in [6, 6.07) is 31.9. The number of ether oxygens (including phenoxy) is 2. The zero-order valence-electron chi connectivity index (χ0n) is 25.1. The summed E-state index contributed by atoms with van der Waals surface area (Å²) in [7, 11) is 0. The lowest BCUT2D eigenvalue weighted by Crippen LogP contribution is -2.32. The fraction of sp³-hybridized carbons (Fsp3) is 0.237. The monoisotopic (exact) mass is 584 g/mol. The van der Waals surface area contributed by atoms with Crippen molar-refractivity contribution in [3.05, 3.63) is 137 Å². The first-order valence-corrected chi connectivity index (χ1v) is 15.3. The first-order chi connectivity index (χ1) is 21.6. The van der Waals surface area contributed by atoms with Crippen molar-refractivity contribution >= 4 is 23.5 Å². The van der Waals surface area contributed by atoms with Crippen molar-refractivity contribution in [1.82, 2.24) is 5.01 Å². The Morgan fingerprint density at radius 3 is 2.00 bits per heavy atom. The van der Waals surface area contributed by atoms with Crippen LogP contribution >= 0.6 is 0 Å². The van der Waals surface area contributed by atoms with Gasteiger partial charge < -0.3 is 9.47 Å². The van der Waals surface area contributed by atoms with Gasteiger partial charge in [0.05, 0.1) is 25.0 Å². The molecule has 0 saturated heterocycles. The minimum atomic E-state index is -0.247. The normalized spacial score (nSPS) is 18.5. The molecule has 1 aliphatic carbocycles. The van der Waals surface area contributed by atoms with E-state index in [9.17, 15) is 9.59 Å².